The van der Waals surface area contributed by atoms with Crippen LogP contribution in [0.4, 0.5) is 10.1 Å². The molecule has 0 bridgehead atoms. The number of nitrogens with zero attached hydrogens (tertiary/aromatic N) is 1. The number of benzene rings is 1. The Morgan fingerprint density at radius 2 is 1.85 bits per heavy atom. The quantitative estimate of drug-likeness (QED) is 0.427. The molecule has 0 saturated heterocycles. The monoisotopic (exact) mass is 382 g/mol. The summed E-state index contributed by atoms with van der Waals surface area (Å²) in [4.78, 5) is 45.4. The highest BCUT2D eigenvalue weighted by molar-refractivity contribution is 5.91. The van der Waals surface area contributed by atoms with Crippen LogP contribution in [0.25, 0.3) is 0 Å². The Labute approximate surface area is 155 Å². The minimum absolute atomic E-state index is 0.0966. The number of hydrogen-bond acceptors (Lipinski definition) is 5. The number of amides is 3. The lowest BCUT2D eigenvalue weighted by Gasteiger charge is -2.22. The number of nitrogens with two attached hydrogens (primary N) is 1. The molecule has 1 aromatic rings. The maximum absolute atomic E-state index is 13.4. The molecular weight excluding hydrogens is 359 g/mol. The minimum Gasteiger partial charge on any atom is -0.368 e. The van der Waals surface area contributed by atoms with Crippen molar-refractivity contribution in [1.82, 2.24) is 10.6 Å². The normalized spacial score (nSPS) is 12.9. The van der Waals surface area contributed by atoms with Gasteiger partial charge in [0, 0.05) is 19.4 Å². The van der Waals surface area contributed by atoms with Crippen LogP contribution in [0.2, 0.25) is 0 Å². The van der Waals surface area contributed by atoms with Gasteiger partial charge in [-0.15, -0.1) is 0 Å². The second-order valence-electron chi connectivity index (χ2n) is 6.59. The summed E-state index contributed by atoms with van der Waals surface area (Å²) < 4.78 is 13.4. The number of nitro groups is 1. The zero-order valence-corrected chi connectivity index (χ0v) is 15.3. The topological polar surface area (TPSA) is 144 Å². The van der Waals surface area contributed by atoms with Gasteiger partial charge in [-0.2, -0.15) is 4.39 Å². The van der Waals surface area contributed by atoms with Crippen LogP contribution in [0.3, 0.4) is 0 Å². The smallest absolute Gasteiger partial charge is 0.305 e. The van der Waals surface area contributed by atoms with Crippen molar-refractivity contribution in [3.63, 3.8) is 0 Å². The lowest BCUT2D eigenvalue weighted by atomic mass is 10.0. The van der Waals surface area contributed by atoms with Crippen LogP contribution in [-0.4, -0.2) is 34.7 Å². The molecule has 3 amide bonds. The van der Waals surface area contributed by atoms with Crippen molar-refractivity contribution in [3.8, 4) is 0 Å². The molecule has 2 atom stereocenters. The Kier molecular flexibility index (Phi) is 7.82. The van der Waals surface area contributed by atoms with Gasteiger partial charge in [0.1, 0.15) is 12.1 Å². The highest BCUT2D eigenvalue weighted by Gasteiger charge is 2.26. The second kappa shape index (κ2) is 9.60. The molecule has 148 valence electrons. The highest BCUT2D eigenvalue weighted by atomic mass is 19.1. The number of nitrogens with one attached hydrogen (secondary N) is 2. The summed E-state index contributed by atoms with van der Waals surface area (Å²) in [6, 6.07) is 1.13. The fourth-order valence-corrected chi connectivity index (χ4v) is 2.50. The third-order valence-corrected chi connectivity index (χ3v) is 3.71. The number of nitro benzene ring substituents is 1. The van der Waals surface area contributed by atoms with Crippen LogP contribution in [0, 0.1) is 21.8 Å². The summed E-state index contributed by atoms with van der Waals surface area (Å²) in [6.07, 6.45) is 0.190. The molecule has 1 aromatic carbocycles. The van der Waals surface area contributed by atoms with Crippen molar-refractivity contribution in [2.75, 3.05) is 0 Å². The molecule has 0 radical (unpaired) electrons. The van der Waals surface area contributed by atoms with E-state index in [2.05, 4.69) is 10.6 Å². The Hall–Kier alpha value is -3.04. The van der Waals surface area contributed by atoms with Gasteiger partial charge in [0.05, 0.1) is 4.92 Å². The molecule has 9 nitrogen and oxygen atoms in total. The molecule has 0 aliphatic carbocycles. The summed E-state index contributed by atoms with van der Waals surface area (Å²) in [5.41, 5.74) is 4.83. The second-order valence-corrected chi connectivity index (χ2v) is 6.59. The SMILES string of the molecule is CC(=O)N[C@@H](CC(C)C)C(=O)N[C@@H](Cc1ccc(F)c([N+](=O)[O-])c1)C(N)=O. The number of hydrogen-bond donors (Lipinski definition) is 3. The predicted octanol–water partition coefficient (Wildman–Crippen LogP) is 0.797. The first-order chi connectivity index (χ1) is 12.5. The maximum Gasteiger partial charge on any atom is 0.305 e. The van der Waals surface area contributed by atoms with Crippen LogP contribution in [0.1, 0.15) is 32.8 Å². The van der Waals surface area contributed by atoms with Crippen molar-refractivity contribution < 1.29 is 23.7 Å². The van der Waals surface area contributed by atoms with Crippen LogP contribution in [0.15, 0.2) is 18.2 Å². The summed E-state index contributed by atoms with van der Waals surface area (Å²) >= 11 is 0. The minimum atomic E-state index is -1.18. The standard InChI is InChI=1S/C17H23FN4O5/c1-9(2)6-14(20-10(3)23)17(25)21-13(16(19)24)7-11-4-5-12(18)15(8-11)22(26)27/h4-5,8-9,13-14H,6-7H2,1-3H3,(H2,19,24)(H,20,23)(H,21,25)/t13-,14-/m0/s1. The Bertz CT molecular complexity index is 738. The Morgan fingerprint density at radius 3 is 2.33 bits per heavy atom. The number of primary amides is 1. The molecule has 0 aromatic heterocycles. The fraction of sp³-hybridized carbons (Fsp3) is 0.471. The zero-order chi connectivity index (χ0) is 20.7. The van der Waals surface area contributed by atoms with E-state index in [1.54, 1.807) is 0 Å². The van der Waals surface area contributed by atoms with Gasteiger partial charge in [-0.25, -0.2) is 0 Å². The first-order valence-electron chi connectivity index (χ1n) is 8.30. The summed E-state index contributed by atoms with van der Waals surface area (Å²) in [5, 5.41) is 15.8. The molecule has 0 unspecified atom stereocenters. The predicted molar refractivity (Wildman–Crippen MR) is 94.9 cm³/mol. The van der Waals surface area contributed by atoms with E-state index < -0.39 is 46.2 Å². The van der Waals surface area contributed by atoms with Gasteiger partial charge in [0.25, 0.3) is 0 Å². The van der Waals surface area contributed by atoms with E-state index in [4.69, 9.17) is 5.73 Å². The van der Waals surface area contributed by atoms with Crippen LogP contribution in [0.5, 0.6) is 0 Å². The third kappa shape index (κ3) is 7.00. The van der Waals surface area contributed by atoms with Crippen molar-refractivity contribution in [3.05, 3.63) is 39.7 Å². The van der Waals surface area contributed by atoms with Crippen LogP contribution in [-0.2, 0) is 20.8 Å². The number of carbonyl (C=O) groups is 3. The van der Waals surface area contributed by atoms with E-state index >= 15 is 0 Å². The van der Waals surface area contributed by atoms with Gasteiger partial charge >= 0.3 is 5.69 Å². The summed E-state index contributed by atoms with van der Waals surface area (Å²) in [5.74, 6) is -2.77. The average Bonchev–Trinajstić information content (AvgIpc) is 2.53. The van der Waals surface area contributed by atoms with Crippen molar-refractivity contribution in [2.24, 2.45) is 11.7 Å². The van der Waals surface area contributed by atoms with E-state index in [1.807, 2.05) is 13.8 Å². The number of rotatable bonds is 9. The lowest BCUT2D eigenvalue weighted by Crippen LogP contribution is -2.53. The van der Waals surface area contributed by atoms with Crippen molar-refractivity contribution in [1.29, 1.82) is 0 Å². The van der Waals surface area contributed by atoms with Crippen molar-refractivity contribution in [2.45, 2.75) is 45.7 Å². The molecule has 0 heterocycles. The largest absolute Gasteiger partial charge is 0.368 e. The number of carbonyl (C=O) groups excluding carboxylic acids is 3. The molecule has 27 heavy (non-hydrogen) atoms. The van der Waals surface area contributed by atoms with E-state index in [9.17, 15) is 28.9 Å². The van der Waals surface area contributed by atoms with Gasteiger partial charge in [-0.05, 0) is 24.0 Å². The van der Waals surface area contributed by atoms with Crippen molar-refractivity contribution >= 4 is 23.4 Å². The fourth-order valence-electron chi connectivity index (χ4n) is 2.50. The molecule has 4 N–H and O–H groups in total. The first kappa shape index (κ1) is 22.0. The van der Waals surface area contributed by atoms with Gasteiger partial charge in [0.2, 0.25) is 23.5 Å². The average molecular weight is 382 g/mol. The molecule has 0 saturated carbocycles. The molecule has 0 aliphatic heterocycles. The van der Waals surface area contributed by atoms with Crippen LogP contribution < -0.4 is 16.4 Å². The first-order valence-corrected chi connectivity index (χ1v) is 8.30. The molecular formula is C17H23FN4O5. The molecule has 0 fully saturated rings. The third-order valence-electron chi connectivity index (χ3n) is 3.71. The van der Waals surface area contributed by atoms with Gasteiger partial charge in [0.15, 0.2) is 0 Å². The molecule has 1 rings (SSSR count). The summed E-state index contributed by atoms with van der Waals surface area (Å²) in [6.45, 7) is 5.00. The van der Waals surface area contributed by atoms with Crippen LogP contribution >= 0.6 is 0 Å². The number of halogens is 1. The van der Waals surface area contributed by atoms with E-state index in [0.29, 0.717) is 6.42 Å². The summed E-state index contributed by atoms with van der Waals surface area (Å²) in [7, 11) is 0. The highest BCUT2D eigenvalue weighted by Crippen LogP contribution is 2.19. The van der Waals surface area contributed by atoms with E-state index in [0.717, 1.165) is 12.1 Å². The van der Waals surface area contributed by atoms with E-state index in [-0.39, 0.29) is 17.9 Å². The van der Waals surface area contributed by atoms with Gasteiger partial charge in [-0.3, -0.25) is 24.5 Å². The van der Waals surface area contributed by atoms with E-state index in [1.165, 1.54) is 13.0 Å². The van der Waals surface area contributed by atoms with Gasteiger partial charge < -0.3 is 16.4 Å². The Morgan fingerprint density at radius 1 is 1.22 bits per heavy atom. The molecule has 0 spiro atoms. The zero-order valence-electron chi connectivity index (χ0n) is 15.3. The maximum atomic E-state index is 13.4. The molecule has 0 aliphatic rings. The molecule has 10 heteroatoms. The van der Waals surface area contributed by atoms with Gasteiger partial charge in [-0.1, -0.05) is 19.9 Å². The lowest BCUT2D eigenvalue weighted by molar-refractivity contribution is -0.387. The Balaban J connectivity index is 2.97.